The highest BCUT2D eigenvalue weighted by Gasteiger charge is 2.51. The highest BCUT2D eigenvalue weighted by Crippen LogP contribution is 2.47. The van der Waals surface area contributed by atoms with E-state index < -0.39 is 75.7 Å². The van der Waals surface area contributed by atoms with Crippen LogP contribution in [0.2, 0.25) is 0 Å². The first kappa shape index (κ1) is 51.3. The van der Waals surface area contributed by atoms with Crippen LogP contribution in [0.3, 0.4) is 0 Å². The lowest BCUT2D eigenvalue weighted by Gasteiger charge is -2.41. The van der Waals surface area contributed by atoms with Gasteiger partial charge in [0.2, 0.25) is 0 Å². The van der Waals surface area contributed by atoms with Gasteiger partial charge in [-0.25, -0.2) is 4.57 Å². The van der Waals surface area contributed by atoms with E-state index >= 15 is 0 Å². The SMILES string of the molecule is CCCC/C=C/CCCCCCCC(=O)O[C@H](COC(=O)CCCCCCCCC/C=C/CCCCCC)COP(=O)(O)OC1C(O)C(O)C(O)[C@@H](O)C1O. The van der Waals surface area contributed by atoms with Gasteiger partial charge in [-0.3, -0.25) is 18.6 Å². The molecule has 6 unspecified atom stereocenters. The lowest BCUT2D eigenvalue weighted by atomic mass is 9.85. The molecule has 0 aliphatic heterocycles. The fourth-order valence-electron chi connectivity index (χ4n) is 6.26. The minimum atomic E-state index is -5.11. The van der Waals surface area contributed by atoms with Gasteiger partial charge in [-0.05, 0) is 57.8 Å². The second-order valence-electron chi connectivity index (χ2n) is 14.8. The maximum absolute atomic E-state index is 12.8. The van der Waals surface area contributed by atoms with Gasteiger partial charge in [0.15, 0.2) is 6.10 Å². The van der Waals surface area contributed by atoms with Crippen LogP contribution < -0.4 is 0 Å². The number of carbonyl (C=O) groups is 2. The predicted octanol–water partition coefficient (Wildman–Crippen LogP) is 7.28. The second kappa shape index (κ2) is 32.3. The highest BCUT2D eigenvalue weighted by molar-refractivity contribution is 7.47. The lowest BCUT2D eigenvalue weighted by molar-refractivity contribution is -0.220. The molecule has 0 aromatic carbocycles. The van der Waals surface area contributed by atoms with Crippen molar-refractivity contribution >= 4 is 19.8 Å². The number of aliphatic hydroxyl groups is 5. The van der Waals surface area contributed by atoms with E-state index in [0.717, 1.165) is 70.6 Å². The summed E-state index contributed by atoms with van der Waals surface area (Å²) in [5.41, 5.74) is 0. The zero-order chi connectivity index (χ0) is 40.7. The first-order valence-corrected chi connectivity index (χ1v) is 22.6. The first-order chi connectivity index (χ1) is 26.4. The minimum Gasteiger partial charge on any atom is -0.462 e. The Hall–Kier alpha value is -1.67. The topological polar surface area (TPSA) is 210 Å². The van der Waals surface area contributed by atoms with Crippen molar-refractivity contribution in [2.24, 2.45) is 0 Å². The molecular formula is C41H75O13P. The van der Waals surface area contributed by atoms with Gasteiger partial charge in [-0.2, -0.15) is 0 Å². The van der Waals surface area contributed by atoms with Gasteiger partial charge in [0, 0.05) is 12.8 Å². The van der Waals surface area contributed by atoms with Crippen LogP contribution in [0.4, 0.5) is 0 Å². The Balaban J connectivity index is 2.50. The highest BCUT2D eigenvalue weighted by atomic mass is 31.2. The quantitative estimate of drug-likeness (QED) is 0.0164. The van der Waals surface area contributed by atoms with Crippen LogP contribution in [0.5, 0.6) is 0 Å². The van der Waals surface area contributed by atoms with Crippen molar-refractivity contribution in [2.75, 3.05) is 13.2 Å². The van der Waals surface area contributed by atoms with Crippen LogP contribution in [0.25, 0.3) is 0 Å². The molecule has 6 N–H and O–H groups in total. The van der Waals surface area contributed by atoms with Crippen LogP contribution in [-0.2, 0) is 32.7 Å². The van der Waals surface area contributed by atoms with E-state index in [1.165, 1.54) is 57.8 Å². The van der Waals surface area contributed by atoms with Gasteiger partial charge in [0.25, 0.3) is 0 Å². The number of phosphoric acid groups is 1. The van der Waals surface area contributed by atoms with Crippen LogP contribution in [0, 0.1) is 0 Å². The van der Waals surface area contributed by atoms with Gasteiger partial charge in [0.1, 0.15) is 43.2 Å². The van der Waals surface area contributed by atoms with Crippen molar-refractivity contribution in [2.45, 2.75) is 211 Å². The molecule has 0 spiro atoms. The van der Waals surface area contributed by atoms with Crippen LogP contribution in [0.1, 0.15) is 168 Å². The molecule has 0 amide bonds. The Morgan fingerprint density at radius 3 is 1.44 bits per heavy atom. The maximum atomic E-state index is 12.8. The number of esters is 2. The Morgan fingerprint density at radius 1 is 0.545 bits per heavy atom. The van der Waals surface area contributed by atoms with Crippen LogP contribution >= 0.6 is 7.82 Å². The van der Waals surface area contributed by atoms with Gasteiger partial charge in [-0.1, -0.05) is 122 Å². The zero-order valence-electron chi connectivity index (χ0n) is 33.7. The van der Waals surface area contributed by atoms with Gasteiger partial charge in [0.05, 0.1) is 6.61 Å². The molecule has 1 fully saturated rings. The van der Waals surface area contributed by atoms with Crippen LogP contribution in [0.15, 0.2) is 24.3 Å². The average molecular weight is 807 g/mol. The smallest absolute Gasteiger partial charge is 0.462 e. The Kier molecular flexibility index (Phi) is 30.2. The lowest BCUT2D eigenvalue weighted by Crippen LogP contribution is -2.64. The summed E-state index contributed by atoms with van der Waals surface area (Å²) in [4.78, 5) is 35.5. The minimum absolute atomic E-state index is 0.0863. The molecular weight excluding hydrogens is 731 g/mol. The summed E-state index contributed by atoms with van der Waals surface area (Å²) >= 11 is 0. The number of hydrogen-bond acceptors (Lipinski definition) is 12. The van der Waals surface area contributed by atoms with E-state index in [1.807, 2.05) is 0 Å². The Bertz CT molecular complexity index is 1070. The Morgan fingerprint density at radius 2 is 0.945 bits per heavy atom. The number of unbranched alkanes of at least 4 members (excludes halogenated alkanes) is 18. The van der Waals surface area contributed by atoms with Crippen molar-refractivity contribution in [3.8, 4) is 0 Å². The normalized spacial score (nSPS) is 23.3. The molecule has 0 aromatic heterocycles. The molecule has 13 nitrogen and oxygen atoms in total. The standard InChI is InChI=1S/C41H75O13P/c1-3-5-7-9-11-13-15-16-17-18-20-21-23-25-27-29-34(42)51-31-33(53-35(43)30-28-26-24-22-19-14-12-10-8-6-4-2)32-52-55(49,50)54-41-39(47)37(45)36(44)38(46)40(41)48/h10,12-13,15,33,36-41,44-48H,3-9,11,14,16-32H2,1-2H3,(H,49,50)/b12-10+,15-13+/t33-,36?,37-,38?,39?,40?,41?/m1/s1. The third kappa shape index (κ3) is 25.3. The molecule has 0 saturated heterocycles. The van der Waals surface area contributed by atoms with Crippen molar-refractivity contribution < 1.29 is 63.1 Å². The van der Waals surface area contributed by atoms with E-state index in [1.54, 1.807) is 0 Å². The number of phosphoric ester groups is 1. The van der Waals surface area contributed by atoms with E-state index in [9.17, 15) is 44.6 Å². The van der Waals surface area contributed by atoms with E-state index in [2.05, 4.69) is 38.2 Å². The van der Waals surface area contributed by atoms with Crippen molar-refractivity contribution in [1.82, 2.24) is 0 Å². The molecule has 1 aliphatic rings. The summed E-state index contributed by atoms with van der Waals surface area (Å²) in [5.74, 6) is -1.12. The third-order valence-electron chi connectivity index (χ3n) is 9.77. The molecule has 0 bridgehead atoms. The molecule has 1 saturated carbocycles. The van der Waals surface area contributed by atoms with Gasteiger partial charge < -0.3 is 39.9 Å². The third-order valence-corrected chi connectivity index (χ3v) is 10.8. The molecule has 0 heterocycles. The molecule has 322 valence electrons. The molecule has 55 heavy (non-hydrogen) atoms. The maximum Gasteiger partial charge on any atom is 0.472 e. The summed E-state index contributed by atoms with van der Waals surface area (Å²) in [7, 11) is -5.11. The van der Waals surface area contributed by atoms with Crippen molar-refractivity contribution in [3.63, 3.8) is 0 Å². The average Bonchev–Trinajstić information content (AvgIpc) is 3.16. The van der Waals surface area contributed by atoms with E-state index in [4.69, 9.17) is 18.5 Å². The van der Waals surface area contributed by atoms with E-state index in [0.29, 0.717) is 12.8 Å². The predicted molar refractivity (Wildman–Crippen MR) is 212 cm³/mol. The summed E-state index contributed by atoms with van der Waals surface area (Å²) in [6.07, 6.45) is 19.6. The van der Waals surface area contributed by atoms with E-state index in [-0.39, 0.29) is 12.8 Å². The van der Waals surface area contributed by atoms with Crippen LogP contribution in [-0.4, -0.2) is 98.3 Å². The molecule has 1 rings (SSSR count). The summed E-state index contributed by atoms with van der Waals surface area (Å²) < 4.78 is 33.4. The van der Waals surface area contributed by atoms with Crippen molar-refractivity contribution in [1.29, 1.82) is 0 Å². The number of hydrogen-bond donors (Lipinski definition) is 6. The van der Waals surface area contributed by atoms with Crippen molar-refractivity contribution in [3.05, 3.63) is 24.3 Å². The number of rotatable bonds is 34. The molecule has 0 aromatic rings. The monoisotopic (exact) mass is 806 g/mol. The van der Waals surface area contributed by atoms with Gasteiger partial charge in [-0.15, -0.1) is 0 Å². The summed E-state index contributed by atoms with van der Waals surface area (Å²) in [5, 5.41) is 50.0. The molecule has 0 radical (unpaired) electrons. The zero-order valence-corrected chi connectivity index (χ0v) is 34.6. The fourth-order valence-corrected chi connectivity index (χ4v) is 7.23. The fraction of sp³-hybridized carbons (Fsp3) is 0.854. The Labute approximate surface area is 330 Å². The molecule has 8 atom stereocenters. The number of allylic oxidation sites excluding steroid dienone is 4. The number of ether oxygens (including phenoxy) is 2. The molecule has 14 heteroatoms. The number of carbonyl (C=O) groups excluding carboxylic acids is 2. The summed E-state index contributed by atoms with van der Waals surface area (Å²) in [6, 6.07) is 0. The molecule has 1 aliphatic carbocycles. The summed E-state index contributed by atoms with van der Waals surface area (Å²) in [6.45, 7) is 3.21. The van der Waals surface area contributed by atoms with Gasteiger partial charge >= 0.3 is 19.8 Å². The first-order valence-electron chi connectivity index (χ1n) is 21.1. The number of aliphatic hydroxyl groups excluding tert-OH is 5. The largest absolute Gasteiger partial charge is 0.472 e. The second-order valence-corrected chi connectivity index (χ2v) is 16.2.